The van der Waals surface area contributed by atoms with Gasteiger partial charge in [-0.05, 0) is 50.6 Å². The number of nitrogens with zero attached hydrogens (tertiary/aromatic N) is 6. The molecule has 1 atom stereocenters. The minimum absolute atomic E-state index is 0.0150. The van der Waals surface area contributed by atoms with Gasteiger partial charge in [0, 0.05) is 29.7 Å². The first-order valence-electron chi connectivity index (χ1n) is 11.5. The molecule has 0 radical (unpaired) electrons. The zero-order valence-electron chi connectivity index (χ0n) is 19.3. The Morgan fingerprint density at radius 1 is 1.09 bits per heavy atom. The van der Waals surface area contributed by atoms with Crippen molar-refractivity contribution in [2.24, 2.45) is 0 Å². The maximum absolute atomic E-state index is 14.7. The van der Waals surface area contributed by atoms with Crippen LogP contribution in [0.4, 0.5) is 8.78 Å². The van der Waals surface area contributed by atoms with Gasteiger partial charge in [-0.1, -0.05) is 24.3 Å². The van der Waals surface area contributed by atoms with Crippen LogP contribution in [-0.4, -0.2) is 54.6 Å². The monoisotopic (exact) mass is 480 g/mol. The van der Waals surface area contributed by atoms with Crippen molar-refractivity contribution in [1.29, 1.82) is 0 Å². The highest BCUT2D eigenvalue weighted by Crippen LogP contribution is 2.33. The summed E-state index contributed by atoms with van der Waals surface area (Å²) in [7, 11) is 0. The van der Waals surface area contributed by atoms with Crippen LogP contribution in [0.25, 0.3) is 11.5 Å². The highest BCUT2D eigenvalue weighted by atomic mass is 19.1. The molecule has 1 fully saturated rings. The van der Waals surface area contributed by atoms with E-state index >= 15 is 0 Å². The van der Waals surface area contributed by atoms with Gasteiger partial charge in [-0.2, -0.15) is 5.10 Å². The zero-order chi connectivity index (χ0) is 24.4. The Bertz CT molecular complexity index is 1290. The minimum atomic E-state index is -1.62. The maximum Gasteiger partial charge on any atom is 0.248 e. The van der Waals surface area contributed by atoms with Crippen molar-refractivity contribution >= 4 is 0 Å². The fourth-order valence-electron chi connectivity index (χ4n) is 4.70. The van der Waals surface area contributed by atoms with Crippen LogP contribution in [0.5, 0.6) is 0 Å². The lowest BCUT2D eigenvalue weighted by molar-refractivity contribution is -0.0270. The number of aliphatic hydroxyl groups is 1. The van der Waals surface area contributed by atoms with Crippen LogP contribution in [-0.2, 0) is 12.1 Å². The van der Waals surface area contributed by atoms with E-state index in [9.17, 15) is 13.9 Å². The Hall–Kier alpha value is -3.50. The maximum atomic E-state index is 14.7. The van der Waals surface area contributed by atoms with E-state index in [2.05, 4.69) is 25.2 Å². The fraction of sp³-hybridized carbons (Fsp3) is 0.360. The molecule has 0 aliphatic carbocycles. The molecular weight excluding hydrogens is 454 g/mol. The van der Waals surface area contributed by atoms with Crippen molar-refractivity contribution in [2.45, 2.75) is 37.8 Å². The van der Waals surface area contributed by atoms with E-state index in [1.807, 2.05) is 31.2 Å². The van der Waals surface area contributed by atoms with Gasteiger partial charge >= 0.3 is 0 Å². The van der Waals surface area contributed by atoms with E-state index in [1.54, 1.807) is 0 Å². The quantitative estimate of drug-likeness (QED) is 0.431. The fourth-order valence-corrected chi connectivity index (χ4v) is 4.70. The van der Waals surface area contributed by atoms with Gasteiger partial charge in [0.15, 0.2) is 0 Å². The van der Waals surface area contributed by atoms with E-state index in [-0.39, 0.29) is 24.6 Å². The van der Waals surface area contributed by atoms with Gasteiger partial charge in [-0.25, -0.2) is 18.4 Å². The van der Waals surface area contributed by atoms with Crippen LogP contribution in [0.15, 0.2) is 59.5 Å². The summed E-state index contributed by atoms with van der Waals surface area (Å²) >= 11 is 0. The summed E-state index contributed by atoms with van der Waals surface area (Å²) in [5.74, 6) is -0.278. The number of hydrogen-bond donors (Lipinski definition) is 1. The molecule has 1 N–H and O–H groups in total. The zero-order valence-corrected chi connectivity index (χ0v) is 19.3. The van der Waals surface area contributed by atoms with E-state index in [0.29, 0.717) is 24.9 Å². The molecule has 182 valence electrons. The third-order valence-corrected chi connectivity index (χ3v) is 6.56. The number of hydrogen-bond acceptors (Lipinski definition) is 7. The molecule has 0 bridgehead atoms. The van der Waals surface area contributed by atoms with Gasteiger partial charge in [0.2, 0.25) is 11.8 Å². The number of benzene rings is 2. The average Bonchev–Trinajstić information content (AvgIpc) is 3.52. The van der Waals surface area contributed by atoms with Gasteiger partial charge < -0.3 is 14.4 Å². The van der Waals surface area contributed by atoms with Gasteiger partial charge in [0.1, 0.15) is 29.9 Å². The van der Waals surface area contributed by atoms with Gasteiger partial charge in [0.25, 0.3) is 0 Å². The molecule has 1 aliphatic rings. The van der Waals surface area contributed by atoms with Crippen molar-refractivity contribution in [3.05, 3.63) is 83.8 Å². The first kappa shape index (κ1) is 23.3. The Kier molecular flexibility index (Phi) is 6.40. The van der Waals surface area contributed by atoms with E-state index in [0.717, 1.165) is 36.1 Å². The van der Waals surface area contributed by atoms with Crippen LogP contribution in [0.3, 0.4) is 0 Å². The summed E-state index contributed by atoms with van der Waals surface area (Å²) in [6.07, 6.45) is 4.31. The smallest absolute Gasteiger partial charge is 0.248 e. The molecule has 5 rings (SSSR count). The second-order valence-corrected chi connectivity index (χ2v) is 9.06. The summed E-state index contributed by atoms with van der Waals surface area (Å²) in [4.78, 5) is 5.97. The van der Waals surface area contributed by atoms with Crippen LogP contribution in [0.1, 0.15) is 35.8 Å². The van der Waals surface area contributed by atoms with E-state index in [4.69, 9.17) is 4.42 Å². The third-order valence-electron chi connectivity index (χ3n) is 6.56. The number of rotatable bonds is 7. The Balaban J connectivity index is 1.29. The predicted molar refractivity (Wildman–Crippen MR) is 123 cm³/mol. The first-order valence-corrected chi connectivity index (χ1v) is 11.5. The lowest BCUT2D eigenvalue weighted by Crippen LogP contribution is -2.47. The van der Waals surface area contributed by atoms with Crippen molar-refractivity contribution in [3.8, 4) is 11.5 Å². The second kappa shape index (κ2) is 9.63. The van der Waals surface area contributed by atoms with Crippen LogP contribution < -0.4 is 0 Å². The van der Waals surface area contributed by atoms with E-state index in [1.165, 1.54) is 23.4 Å². The average molecular weight is 481 g/mol. The highest BCUT2D eigenvalue weighted by molar-refractivity contribution is 5.57. The van der Waals surface area contributed by atoms with Crippen molar-refractivity contribution < 1.29 is 18.3 Å². The molecule has 1 aliphatic heterocycles. The molecule has 8 nitrogen and oxygen atoms in total. The van der Waals surface area contributed by atoms with Gasteiger partial charge in [0.05, 0.1) is 6.54 Å². The number of likely N-dealkylation sites (tertiary alicyclic amines) is 1. The number of aromatic nitrogens is 5. The SMILES string of the molecule is Cc1ccccc1-c1nnc(C2CCN(CC(O)(Cn3cncn3)c3ccc(F)cc3F)CC2)o1. The van der Waals surface area contributed by atoms with Gasteiger partial charge in [-0.3, -0.25) is 0 Å². The number of halogens is 2. The lowest BCUT2D eigenvalue weighted by Gasteiger charge is -2.37. The second-order valence-electron chi connectivity index (χ2n) is 9.06. The van der Waals surface area contributed by atoms with Crippen LogP contribution in [0.2, 0.25) is 0 Å². The Morgan fingerprint density at radius 3 is 2.60 bits per heavy atom. The predicted octanol–water partition coefficient (Wildman–Crippen LogP) is 3.68. The molecule has 3 heterocycles. The molecule has 2 aromatic carbocycles. The van der Waals surface area contributed by atoms with E-state index < -0.39 is 17.2 Å². The molecule has 10 heteroatoms. The molecule has 0 amide bonds. The molecule has 1 saturated heterocycles. The topological polar surface area (TPSA) is 93.1 Å². The van der Waals surface area contributed by atoms with Crippen molar-refractivity contribution in [2.75, 3.05) is 19.6 Å². The lowest BCUT2D eigenvalue weighted by atomic mass is 9.90. The molecular formula is C25H26F2N6O2. The largest absolute Gasteiger partial charge is 0.420 e. The summed E-state index contributed by atoms with van der Waals surface area (Å²) < 4.78 is 35.7. The number of β-amino-alcohol motifs (C(OH)–C–C–N with tert-alkyl or cyclic N) is 1. The summed E-state index contributed by atoms with van der Waals surface area (Å²) in [6, 6.07) is 11.1. The Labute approximate surface area is 201 Å². The van der Waals surface area contributed by atoms with Crippen molar-refractivity contribution in [1.82, 2.24) is 29.9 Å². The number of aryl methyl sites for hydroxylation is 1. The normalized spacial score (nSPS) is 16.9. The van der Waals surface area contributed by atoms with Gasteiger partial charge in [-0.15, -0.1) is 10.2 Å². The van der Waals surface area contributed by atoms with Crippen LogP contribution >= 0.6 is 0 Å². The molecule has 1 unspecified atom stereocenters. The molecule has 0 saturated carbocycles. The highest BCUT2D eigenvalue weighted by Gasteiger charge is 2.37. The van der Waals surface area contributed by atoms with Crippen molar-refractivity contribution in [3.63, 3.8) is 0 Å². The number of piperidine rings is 1. The minimum Gasteiger partial charge on any atom is -0.420 e. The van der Waals surface area contributed by atoms with Crippen LogP contribution in [0, 0.1) is 18.6 Å². The molecule has 2 aromatic heterocycles. The Morgan fingerprint density at radius 2 is 1.89 bits per heavy atom. The molecule has 35 heavy (non-hydrogen) atoms. The summed E-state index contributed by atoms with van der Waals surface area (Å²) in [5, 5.41) is 24.2. The molecule has 0 spiro atoms. The third kappa shape index (κ3) is 4.98. The summed E-state index contributed by atoms with van der Waals surface area (Å²) in [5.41, 5.74) is 0.387. The summed E-state index contributed by atoms with van der Waals surface area (Å²) in [6.45, 7) is 3.44. The molecule has 4 aromatic rings. The first-order chi connectivity index (χ1) is 16.9. The standard InChI is InChI=1S/C25H26F2N6O2/c1-17-4-2-3-5-20(17)24-31-30-23(35-24)18-8-10-32(11-9-18)13-25(34,14-33-16-28-15-29-33)21-7-6-19(26)12-22(21)27/h2-7,12,15-16,18,34H,8-11,13-14H2,1H3.